The number of amides is 1. The van der Waals surface area contributed by atoms with Crippen molar-refractivity contribution in [2.75, 3.05) is 20.6 Å². The summed E-state index contributed by atoms with van der Waals surface area (Å²) < 4.78 is 0. The summed E-state index contributed by atoms with van der Waals surface area (Å²) in [4.78, 5) is 41.3. The Bertz CT molecular complexity index is 1440. The van der Waals surface area contributed by atoms with Crippen molar-refractivity contribution >= 4 is 23.2 Å². The Hall–Kier alpha value is -3.21. The van der Waals surface area contributed by atoms with Crippen molar-refractivity contribution in [1.82, 2.24) is 10.2 Å². The van der Waals surface area contributed by atoms with Crippen molar-refractivity contribution < 1.29 is 34.8 Å². The Morgan fingerprint density at radius 2 is 1.70 bits per heavy atom. The van der Waals surface area contributed by atoms with Crippen LogP contribution in [-0.2, 0) is 33.8 Å². The molecule has 1 aromatic rings. The van der Waals surface area contributed by atoms with E-state index in [0.717, 1.165) is 24.0 Å². The molecule has 0 aromatic heterocycles. The molecule has 3 aliphatic rings. The molecule has 10 heteroatoms. The highest BCUT2D eigenvalue weighted by Gasteiger charge is 2.64. The van der Waals surface area contributed by atoms with E-state index < -0.39 is 58.0 Å². The van der Waals surface area contributed by atoms with Crippen LogP contribution in [-0.4, -0.2) is 75.1 Å². The van der Waals surface area contributed by atoms with Gasteiger partial charge in [-0.15, -0.1) is 0 Å². The molecule has 4 rings (SSSR count). The average Bonchev–Trinajstić information content (AvgIpc) is 2.86. The first-order valence-corrected chi connectivity index (χ1v) is 15.4. The van der Waals surface area contributed by atoms with Crippen LogP contribution in [0.1, 0.15) is 83.1 Å². The molecule has 7 N–H and O–H groups in total. The molecular formula is C34H49N3O7. The number of aromatic hydroxyl groups is 1. The van der Waals surface area contributed by atoms with Crippen LogP contribution < -0.4 is 11.1 Å². The SMILES string of the molecule is CN(C)C1C(=O)C(C(N)=O)=C(O)[C@]2(O)C(=O)C3=C(O)c4c(O)c(CNCC(C)(C)C)cc(CCCC(C)(C)C)c4C[C@@H]3C[C@H]12. The fourth-order valence-electron chi connectivity index (χ4n) is 7.19. The summed E-state index contributed by atoms with van der Waals surface area (Å²) in [5, 5.41) is 49.6. The Labute approximate surface area is 260 Å². The second-order valence-corrected chi connectivity index (χ2v) is 15.4. The number of aliphatic hydroxyl groups is 3. The number of rotatable bonds is 8. The number of nitrogens with two attached hydrogens (primary N) is 1. The van der Waals surface area contributed by atoms with E-state index in [1.165, 1.54) is 4.90 Å². The van der Waals surface area contributed by atoms with Crippen molar-refractivity contribution in [3.8, 4) is 5.75 Å². The largest absolute Gasteiger partial charge is 0.508 e. The summed E-state index contributed by atoms with van der Waals surface area (Å²) >= 11 is 0. The highest BCUT2D eigenvalue weighted by atomic mass is 16.3. The fourth-order valence-corrected chi connectivity index (χ4v) is 7.19. The molecule has 10 nitrogen and oxygen atoms in total. The molecule has 0 aliphatic heterocycles. The molecule has 242 valence electrons. The second kappa shape index (κ2) is 11.6. The second-order valence-electron chi connectivity index (χ2n) is 15.4. The number of nitrogens with one attached hydrogen (secondary N) is 1. The number of aliphatic hydroxyl groups excluding tert-OH is 2. The van der Waals surface area contributed by atoms with Gasteiger partial charge >= 0.3 is 0 Å². The van der Waals surface area contributed by atoms with E-state index in [-0.39, 0.29) is 34.1 Å². The maximum atomic E-state index is 14.2. The molecule has 1 saturated carbocycles. The molecule has 0 radical (unpaired) electrons. The number of aryl methyl sites for hydroxylation is 1. The Kier molecular flexibility index (Phi) is 8.89. The van der Waals surface area contributed by atoms with Crippen LogP contribution >= 0.6 is 0 Å². The first-order valence-electron chi connectivity index (χ1n) is 15.4. The number of ketones is 2. The number of likely N-dealkylation sites (N-methyl/N-ethyl adjacent to an activating group) is 1. The lowest BCUT2D eigenvalue weighted by molar-refractivity contribution is -0.153. The summed E-state index contributed by atoms with van der Waals surface area (Å²) in [6.07, 6.45) is 2.91. The zero-order valence-electron chi connectivity index (χ0n) is 27.3. The lowest BCUT2D eigenvalue weighted by atomic mass is 9.57. The molecule has 1 amide bonds. The van der Waals surface area contributed by atoms with Gasteiger partial charge in [0.05, 0.1) is 11.6 Å². The first-order chi connectivity index (χ1) is 20.2. The van der Waals surface area contributed by atoms with Gasteiger partial charge in [-0.1, -0.05) is 47.6 Å². The third-order valence-corrected chi connectivity index (χ3v) is 9.24. The number of primary amides is 1. The number of Topliss-reactive ketones (excluding diaryl/α,β-unsaturated/α-hetero) is 2. The van der Waals surface area contributed by atoms with Gasteiger partial charge in [-0.2, -0.15) is 0 Å². The number of hydrogen-bond acceptors (Lipinski definition) is 9. The molecule has 1 unspecified atom stereocenters. The number of nitrogens with zero attached hydrogens (tertiary/aromatic N) is 1. The molecule has 4 atom stereocenters. The van der Waals surface area contributed by atoms with Crippen LogP contribution in [0.15, 0.2) is 23.0 Å². The van der Waals surface area contributed by atoms with Crippen LogP contribution in [0, 0.1) is 22.7 Å². The Morgan fingerprint density at radius 1 is 1.07 bits per heavy atom. The van der Waals surface area contributed by atoms with Crippen molar-refractivity contribution in [2.45, 2.75) is 91.8 Å². The Balaban J connectivity index is 1.88. The quantitative estimate of drug-likeness (QED) is 0.241. The number of phenols is 1. The van der Waals surface area contributed by atoms with E-state index in [1.807, 2.05) is 6.07 Å². The summed E-state index contributed by atoms with van der Waals surface area (Å²) in [6.45, 7) is 13.9. The zero-order chi connectivity index (χ0) is 33.1. The maximum Gasteiger partial charge on any atom is 0.255 e. The minimum Gasteiger partial charge on any atom is -0.508 e. The number of fused-ring (bicyclic) bond motifs is 3. The zero-order valence-corrected chi connectivity index (χ0v) is 27.3. The van der Waals surface area contributed by atoms with Crippen molar-refractivity contribution in [2.24, 2.45) is 28.4 Å². The molecule has 3 aliphatic carbocycles. The number of benzene rings is 1. The van der Waals surface area contributed by atoms with Gasteiger partial charge in [0, 0.05) is 30.1 Å². The van der Waals surface area contributed by atoms with E-state index in [4.69, 9.17) is 5.73 Å². The predicted octanol–water partition coefficient (Wildman–Crippen LogP) is 3.47. The molecule has 44 heavy (non-hydrogen) atoms. The highest BCUT2D eigenvalue weighted by molar-refractivity contribution is 6.24. The lowest BCUT2D eigenvalue weighted by Gasteiger charge is -2.50. The predicted molar refractivity (Wildman–Crippen MR) is 168 cm³/mol. The van der Waals surface area contributed by atoms with Gasteiger partial charge in [0.2, 0.25) is 5.78 Å². The Morgan fingerprint density at radius 3 is 2.25 bits per heavy atom. The standard InChI is InChI=1S/C34H49N3O7/c1-32(2,3)11-9-10-17-12-19(15-36-16-33(4,5)6)26(38)23-20(17)13-18-14-21-25(37(7)8)28(40)24(31(35)43)30(42)34(21,44)29(41)22(18)27(23)39/h12,18,21,25,36,38-39,42,44H,9-11,13-16H2,1-8H3,(H2,35,43)/t18-,21-,25?,34-/m1/s1. The van der Waals surface area contributed by atoms with Crippen molar-refractivity contribution in [1.29, 1.82) is 0 Å². The molecule has 0 bridgehead atoms. The van der Waals surface area contributed by atoms with Gasteiger partial charge in [-0.3, -0.25) is 19.3 Å². The van der Waals surface area contributed by atoms with Crippen LogP contribution in [0.3, 0.4) is 0 Å². The van der Waals surface area contributed by atoms with Gasteiger partial charge in [0.1, 0.15) is 22.8 Å². The van der Waals surface area contributed by atoms with E-state index in [9.17, 15) is 34.8 Å². The third kappa shape index (κ3) is 5.91. The smallest absolute Gasteiger partial charge is 0.255 e. The van der Waals surface area contributed by atoms with Crippen LogP contribution in [0.25, 0.3) is 5.76 Å². The van der Waals surface area contributed by atoms with Crippen molar-refractivity contribution in [3.05, 3.63) is 45.2 Å². The van der Waals surface area contributed by atoms with Gasteiger partial charge < -0.3 is 31.5 Å². The number of carbonyl (C=O) groups is 3. The normalized spacial score (nSPS) is 25.7. The first kappa shape index (κ1) is 33.7. The summed E-state index contributed by atoms with van der Waals surface area (Å²) in [6, 6.07) is 0.870. The van der Waals surface area contributed by atoms with E-state index >= 15 is 0 Å². The number of phenolic OH excluding ortho intramolecular Hbond substituents is 1. The maximum absolute atomic E-state index is 14.2. The van der Waals surface area contributed by atoms with Gasteiger partial charge in [-0.05, 0) is 74.1 Å². The topological polar surface area (TPSA) is 173 Å². The highest BCUT2D eigenvalue weighted by Crippen LogP contribution is 2.53. The summed E-state index contributed by atoms with van der Waals surface area (Å²) in [7, 11) is 3.18. The molecule has 1 aromatic carbocycles. The van der Waals surface area contributed by atoms with Gasteiger partial charge in [0.25, 0.3) is 5.91 Å². The van der Waals surface area contributed by atoms with Crippen LogP contribution in [0.4, 0.5) is 0 Å². The van der Waals surface area contributed by atoms with E-state index in [2.05, 4.69) is 46.9 Å². The molecular weight excluding hydrogens is 562 g/mol. The van der Waals surface area contributed by atoms with Crippen molar-refractivity contribution in [3.63, 3.8) is 0 Å². The van der Waals surface area contributed by atoms with E-state index in [1.54, 1.807) is 14.1 Å². The molecule has 1 fully saturated rings. The minimum absolute atomic E-state index is 0.00227. The third-order valence-electron chi connectivity index (χ3n) is 9.24. The number of hydrogen-bond donors (Lipinski definition) is 6. The van der Waals surface area contributed by atoms with Crippen LogP contribution in [0.2, 0.25) is 0 Å². The number of carbonyl (C=O) groups excluding carboxylic acids is 3. The fraction of sp³-hybridized carbons (Fsp3) is 0.618. The molecule has 0 saturated heterocycles. The summed E-state index contributed by atoms with van der Waals surface area (Å²) in [5.41, 5.74) is 4.40. The molecule has 0 heterocycles. The minimum atomic E-state index is -2.65. The van der Waals surface area contributed by atoms with Gasteiger partial charge in [-0.25, -0.2) is 0 Å². The van der Waals surface area contributed by atoms with Gasteiger partial charge in [0.15, 0.2) is 11.4 Å². The average molecular weight is 612 g/mol. The summed E-state index contributed by atoms with van der Waals surface area (Å²) in [5.74, 6) is -6.38. The van der Waals surface area contributed by atoms with Crippen LogP contribution in [0.5, 0.6) is 5.75 Å². The molecule has 0 spiro atoms. The van der Waals surface area contributed by atoms with E-state index in [0.29, 0.717) is 31.5 Å². The lowest BCUT2D eigenvalue weighted by Crippen LogP contribution is -2.65. The monoisotopic (exact) mass is 611 g/mol.